The second-order valence-corrected chi connectivity index (χ2v) is 4.87. The zero-order valence-corrected chi connectivity index (χ0v) is 14.1. The predicted molar refractivity (Wildman–Crippen MR) is 92.7 cm³/mol. The number of nitrogens with zero attached hydrogens (tertiary/aromatic N) is 1. The van der Waals surface area contributed by atoms with Crippen LogP contribution in [0.1, 0.15) is 11.1 Å². The summed E-state index contributed by atoms with van der Waals surface area (Å²) in [5, 5.41) is 3.07. The van der Waals surface area contributed by atoms with Crippen LogP contribution in [-0.4, -0.2) is 28.4 Å². The van der Waals surface area contributed by atoms with Crippen molar-refractivity contribution in [2.24, 2.45) is 5.18 Å². The minimum atomic E-state index is 0.244. The van der Waals surface area contributed by atoms with Gasteiger partial charge < -0.3 is 18.9 Å². The highest BCUT2D eigenvalue weighted by molar-refractivity contribution is 5.86. The van der Waals surface area contributed by atoms with Crippen molar-refractivity contribution in [3.05, 3.63) is 52.9 Å². The van der Waals surface area contributed by atoms with Crippen LogP contribution in [0.15, 0.2) is 42.1 Å². The van der Waals surface area contributed by atoms with Crippen molar-refractivity contribution in [1.82, 2.24) is 0 Å². The van der Waals surface area contributed by atoms with E-state index < -0.39 is 0 Å². The second-order valence-electron chi connectivity index (χ2n) is 4.87. The average Bonchev–Trinajstić information content (AvgIpc) is 2.65. The van der Waals surface area contributed by atoms with Crippen molar-refractivity contribution in [3.8, 4) is 23.0 Å². The van der Waals surface area contributed by atoms with Gasteiger partial charge in [0.15, 0.2) is 11.5 Å². The Balaban J connectivity index is 2.56. The highest BCUT2D eigenvalue weighted by Crippen LogP contribution is 2.42. The van der Waals surface area contributed by atoms with E-state index >= 15 is 0 Å². The summed E-state index contributed by atoms with van der Waals surface area (Å²) >= 11 is 0. The molecule has 0 atom stereocenters. The zero-order valence-electron chi connectivity index (χ0n) is 14.1. The lowest BCUT2D eigenvalue weighted by atomic mass is 9.97. The molecule has 0 saturated carbocycles. The molecule has 6 heteroatoms. The predicted octanol–water partition coefficient (Wildman–Crippen LogP) is 4.18. The fourth-order valence-corrected chi connectivity index (χ4v) is 2.38. The normalized spacial score (nSPS) is 10.0. The highest BCUT2D eigenvalue weighted by Gasteiger charge is 2.17. The van der Waals surface area contributed by atoms with E-state index in [1.165, 1.54) is 28.4 Å². The molecule has 0 saturated heterocycles. The molecule has 2 aromatic rings. The molecule has 0 fully saturated rings. The molecule has 0 N–H and O–H groups in total. The molecule has 0 bridgehead atoms. The van der Waals surface area contributed by atoms with Gasteiger partial charge in [-0.3, -0.25) is 0 Å². The molecule has 0 aliphatic heterocycles. The second kappa shape index (κ2) is 7.50. The lowest BCUT2D eigenvalue weighted by Gasteiger charge is -2.16. The lowest BCUT2D eigenvalue weighted by Crippen LogP contribution is -1.97. The van der Waals surface area contributed by atoms with Crippen LogP contribution < -0.4 is 18.9 Å². The fourth-order valence-electron chi connectivity index (χ4n) is 2.38. The minimum Gasteiger partial charge on any atom is -0.497 e. The minimum absolute atomic E-state index is 0.244. The van der Waals surface area contributed by atoms with Gasteiger partial charge in [-0.25, -0.2) is 0 Å². The monoisotopic (exact) mass is 329 g/mol. The van der Waals surface area contributed by atoms with Crippen molar-refractivity contribution >= 4 is 11.3 Å². The molecule has 2 rings (SSSR count). The summed E-state index contributed by atoms with van der Waals surface area (Å²) in [7, 11) is 6.13. The van der Waals surface area contributed by atoms with Crippen LogP contribution in [-0.2, 0) is 0 Å². The Labute approximate surface area is 140 Å². The van der Waals surface area contributed by atoms with Gasteiger partial charge in [0.2, 0.25) is 5.75 Å². The molecule has 126 valence electrons. The molecule has 0 unspecified atom stereocenters. The van der Waals surface area contributed by atoms with Gasteiger partial charge in [0.1, 0.15) is 11.4 Å². The molecule has 2 aromatic carbocycles. The molecule has 0 radical (unpaired) electrons. The maximum atomic E-state index is 11.2. The van der Waals surface area contributed by atoms with Crippen LogP contribution in [0.4, 0.5) is 5.69 Å². The Bertz CT molecular complexity index is 745. The number of ether oxygens (including phenoxy) is 4. The Morgan fingerprint density at radius 2 is 1.54 bits per heavy atom. The first-order chi connectivity index (χ1) is 11.6. The van der Waals surface area contributed by atoms with Crippen molar-refractivity contribution in [2.75, 3.05) is 28.4 Å². The van der Waals surface area contributed by atoms with E-state index in [9.17, 15) is 4.91 Å². The van der Waals surface area contributed by atoms with Gasteiger partial charge in [-0.1, -0.05) is 6.58 Å². The van der Waals surface area contributed by atoms with Gasteiger partial charge in [-0.2, -0.15) is 0 Å². The SMILES string of the molecule is C=C(c1cc(OC)c(OC)c(OC)c1)c1ccc(OC)cc1N=O. The van der Waals surface area contributed by atoms with E-state index in [2.05, 4.69) is 11.8 Å². The third kappa shape index (κ3) is 3.17. The topological polar surface area (TPSA) is 66.3 Å². The number of nitroso groups, excluding NO2 is 1. The Morgan fingerprint density at radius 3 is 2.00 bits per heavy atom. The third-order valence-electron chi connectivity index (χ3n) is 3.64. The number of benzene rings is 2. The van der Waals surface area contributed by atoms with Gasteiger partial charge in [-0.05, 0) is 40.6 Å². The van der Waals surface area contributed by atoms with Crippen molar-refractivity contribution < 1.29 is 18.9 Å². The Morgan fingerprint density at radius 1 is 0.917 bits per heavy atom. The molecular weight excluding hydrogens is 310 g/mol. The Hall–Kier alpha value is -3.02. The fraction of sp³-hybridized carbons (Fsp3) is 0.222. The smallest absolute Gasteiger partial charge is 0.203 e. The molecule has 0 aromatic heterocycles. The van der Waals surface area contributed by atoms with E-state index in [0.717, 1.165) is 5.56 Å². The van der Waals surface area contributed by atoms with Gasteiger partial charge in [0.05, 0.1) is 28.4 Å². The van der Waals surface area contributed by atoms with Crippen LogP contribution in [0, 0.1) is 4.91 Å². The van der Waals surface area contributed by atoms with Crippen molar-refractivity contribution in [3.63, 3.8) is 0 Å². The van der Waals surface area contributed by atoms with E-state index in [0.29, 0.717) is 34.1 Å². The average molecular weight is 329 g/mol. The molecular formula is C18H19NO5. The maximum absolute atomic E-state index is 11.2. The molecule has 0 aliphatic rings. The van der Waals surface area contributed by atoms with Gasteiger partial charge in [0.25, 0.3) is 0 Å². The molecule has 0 spiro atoms. The largest absolute Gasteiger partial charge is 0.497 e. The summed E-state index contributed by atoms with van der Waals surface area (Å²) in [4.78, 5) is 11.2. The number of hydrogen-bond donors (Lipinski definition) is 0. The van der Waals surface area contributed by atoms with Crippen molar-refractivity contribution in [1.29, 1.82) is 0 Å². The van der Waals surface area contributed by atoms with E-state index in [1.54, 1.807) is 30.3 Å². The number of hydrogen-bond acceptors (Lipinski definition) is 6. The highest BCUT2D eigenvalue weighted by atomic mass is 16.5. The Kier molecular flexibility index (Phi) is 5.42. The van der Waals surface area contributed by atoms with Crippen LogP contribution >= 0.6 is 0 Å². The summed E-state index contributed by atoms with van der Waals surface area (Å²) in [6.45, 7) is 4.07. The first-order valence-electron chi connectivity index (χ1n) is 7.10. The molecule has 0 aliphatic carbocycles. The molecule has 0 amide bonds. The van der Waals surface area contributed by atoms with Crippen LogP contribution in [0.2, 0.25) is 0 Å². The number of rotatable bonds is 7. The third-order valence-corrected chi connectivity index (χ3v) is 3.64. The quantitative estimate of drug-likeness (QED) is 0.713. The standard InChI is InChI=1S/C18H19NO5/c1-11(14-7-6-13(21-2)10-15(14)19-20)12-8-16(22-3)18(24-5)17(9-12)23-4/h6-10H,1H2,2-5H3. The van der Waals surface area contributed by atoms with Crippen LogP contribution in [0.5, 0.6) is 23.0 Å². The summed E-state index contributed by atoms with van der Waals surface area (Å²) < 4.78 is 21.1. The molecule has 24 heavy (non-hydrogen) atoms. The lowest BCUT2D eigenvalue weighted by molar-refractivity contribution is 0.324. The summed E-state index contributed by atoms with van der Waals surface area (Å²) in [5.41, 5.74) is 2.17. The first-order valence-corrected chi connectivity index (χ1v) is 7.10. The van der Waals surface area contributed by atoms with Crippen LogP contribution in [0.25, 0.3) is 5.57 Å². The number of methoxy groups -OCH3 is 4. The van der Waals surface area contributed by atoms with E-state index in [-0.39, 0.29) is 5.69 Å². The molecule has 6 nitrogen and oxygen atoms in total. The van der Waals surface area contributed by atoms with Gasteiger partial charge in [0, 0.05) is 11.6 Å². The van der Waals surface area contributed by atoms with Gasteiger partial charge >= 0.3 is 0 Å². The first kappa shape index (κ1) is 17.3. The summed E-state index contributed by atoms with van der Waals surface area (Å²) in [6.07, 6.45) is 0. The summed E-state index contributed by atoms with van der Waals surface area (Å²) in [5.74, 6) is 2.04. The molecule has 0 heterocycles. The van der Waals surface area contributed by atoms with Gasteiger partial charge in [-0.15, -0.1) is 4.91 Å². The summed E-state index contributed by atoms with van der Waals surface area (Å²) in [6, 6.07) is 8.57. The van der Waals surface area contributed by atoms with Crippen LogP contribution in [0.3, 0.4) is 0 Å². The van der Waals surface area contributed by atoms with Crippen molar-refractivity contribution in [2.45, 2.75) is 0 Å². The zero-order chi connectivity index (χ0) is 17.7. The van der Waals surface area contributed by atoms with E-state index in [1.807, 2.05) is 0 Å². The van der Waals surface area contributed by atoms with E-state index in [4.69, 9.17) is 18.9 Å². The maximum Gasteiger partial charge on any atom is 0.203 e.